The van der Waals surface area contributed by atoms with Gasteiger partial charge in [-0.25, -0.2) is 4.79 Å². The summed E-state index contributed by atoms with van der Waals surface area (Å²) in [6.45, 7) is 0.466. The van der Waals surface area contributed by atoms with E-state index in [1.54, 1.807) is 30.3 Å². The van der Waals surface area contributed by atoms with Crippen molar-refractivity contribution in [1.29, 1.82) is 0 Å². The van der Waals surface area contributed by atoms with Gasteiger partial charge < -0.3 is 19.9 Å². The zero-order valence-electron chi connectivity index (χ0n) is 16.7. The minimum absolute atomic E-state index is 0.0199. The maximum atomic E-state index is 12.8. The SMILES string of the molecule is O=C(CCCN1C(=O)C(=Cc2ccc3c(c2)OCO3)SC1=S)Nc1ccccc1C(=O)O. The van der Waals surface area contributed by atoms with Crippen molar-refractivity contribution in [3.63, 3.8) is 0 Å². The summed E-state index contributed by atoms with van der Waals surface area (Å²) in [5, 5.41) is 11.8. The van der Waals surface area contributed by atoms with E-state index in [0.717, 1.165) is 5.56 Å². The van der Waals surface area contributed by atoms with Gasteiger partial charge in [0.15, 0.2) is 11.5 Å². The minimum Gasteiger partial charge on any atom is -0.478 e. The van der Waals surface area contributed by atoms with Crippen molar-refractivity contribution >= 4 is 57.8 Å². The van der Waals surface area contributed by atoms with Gasteiger partial charge in [-0.05, 0) is 42.3 Å². The second-order valence-electron chi connectivity index (χ2n) is 6.95. The fourth-order valence-electron chi connectivity index (χ4n) is 3.24. The highest BCUT2D eigenvalue weighted by Crippen LogP contribution is 2.36. The molecule has 8 nitrogen and oxygen atoms in total. The molecular weight excluding hydrogens is 452 g/mol. The Kier molecular flexibility index (Phi) is 6.42. The van der Waals surface area contributed by atoms with Crippen LogP contribution >= 0.6 is 24.0 Å². The average Bonchev–Trinajstić information content (AvgIpc) is 3.33. The molecule has 0 aromatic heterocycles. The van der Waals surface area contributed by atoms with Crippen LogP contribution in [0.4, 0.5) is 5.69 Å². The Hall–Kier alpha value is -3.37. The quantitative estimate of drug-likeness (QED) is 0.466. The molecule has 2 aliphatic heterocycles. The van der Waals surface area contributed by atoms with Crippen LogP contribution in [0, 0.1) is 0 Å². The molecule has 32 heavy (non-hydrogen) atoms. The van der Waals surface area contributed by atoms with Gasteiger partial charge in [0.1, 0.15) is 4.32 Å². The minimum atomic E-state index is -1.12. The molecule has 164 valence electrons. The van der Waals surface area contributed by atoms with Crippen LogP contribution in [0.1, 0.15) is 28.8 Å². The molecule has 0 unspecified atom stereocenters. The number of thioether (sulfide) groups is 1. The van der Waals surface area contributed by atoms with Crippen LogP contribution < -0.4 is 14.8 Å². The van der Waals surface area contributed by atoms with Gasteiger partial charge in [0, 0.05) is 13.0 Å². The van der Waals surface area contributed by atoms with Crippen molar-refractivity contribution < 1.29 is 29.0 Å². The number of amides is 2. The molecule has 10 heteroatoms. The van der Waals surface area contributed by atoms with Gasteiger partial charge in [-0.3, -0.25) is 14.5 Å². The largest absolute Gasteiger partial charge is 0.478 e. The number of hydrogen-bond acceptors (Lipinski definition) is 7. The molecule has 2 N–H and O–H groups in total. The number of benzene rings is 2. The highest BCUT2D eigenvalue weighted by molar-refractivity contribution is 8.26. The van der Waals surface area contributed by atoms with Crippen LogP contribution in [0.25, 0.3) is 6.08 Å². The van der Waals surface area contributed by atoms with Crippen LogP contribution in [0.3, 0.4) is 0 Å². The summed E-state index contributed by atoms with van der Waals surface area (Å²) in [6.07, 6.45) is 2.24. The molecule has 0 atom stereocenters. The van der Waals surface area contributed by atoms with Crippen LogP contribution in [0.2, 0.25) is 0 Å². The summed E-state index contributed by atoms with van der Waals surface area (Å²) in [4.78, 5) is 38.2. The first-order chi connectivity index (χ1) is 15.4. The van der Waals surface area contributed by atoms with Gasteiger partial charge in [-0.2, -0.15) is 0 Å². The van der Waals surface area contributed by atoms with Gasteiger partial charge in [-0.1, -0.05) is 42.2 Å². The zero-order valence-corrected chi connectivity index (χ0v) is 18.3. The molecule has 2 amide bonds. The van der Waals surface area contributed by atoms with E-state index in [1.165, 1.54) is 28.8 Å². The number of carboxylic acid groups (broad SMARTS) is 1. The van der Waals surface area contributed by atoms with Crippen LogP contribution in [-0.4, -0.2) is 45.4 Å². The number of carbonyl (C=O) groups excluding carboxylic acids is 2. The molecular formula is C22H18N2O6S2. The number of nitrogens with zero attached hydrogens (tertiary/aromatic N) is 1. The van der Waals surface area contributed by atoms with Crippen LogP contribution in [0.15, 0.2) is 47.4 Å². The third-order valence-corrected chi connectivity index (χ3v) is 6.16. The Labute approximate surface area is 193 Å². The molecule has 0 saturated carbocycles. The number of hydrogen-bond donors (Lipinski definition) is 2. The highest BCUT2D eigenvalue weighted by Gasteiger charge is 2.31. The molecule has 2 aliphatic rings. The van der Waals surface area contributed by atoms with E-state index < -0.39 is 5.97 Å². The highest BCUT2D eigenvalue weighted by atomic mass is 32.2. The molecule has 2 aromatic carbocycles. The lowest BCUT2D eigenvalue weighted by Gasteiger charge is -2.14. The monoisotopic (exact) mass is 470 g/mol. The molecule has 1 fully saturated rings. The molecule has 0 aliphatic carbocycles. The molecule has 0 spiro atoms. The molecule has 0 radical (unpaired) electrons. The maximum absolute atomic E-state index is 12.8. The number of para-hydroxylation sites is 1. The predicted octanol–water partition coefficient (Wildman–Crippen LogP) is 3.73. The smallest absolute Gasteiger partial charge is 0.337 e. The second kappa shape index (κ2) is 9.41. The van der Waals surface area contributed by atoms with Gasteiger partial charge in [0.05, 0.1) is 16.2 Å². The lowest BCUT2D eigenvalue weighted by atomic mass is 10.1. The average molecular weight is 471 g/mol. The number of carboxylic acids is 1. The van der Waals surface area contributed by atoms with Gasteiger partial charge in [0.2, 0.25) is 12.7 Å². The van der Waals surface area contributed by atoms with Crippen molar-refractivity contribution in [3.05, 3.63) is 58.5 Å². The lowest BCUT2D eigenvalue weighted by Crippen LogP contribution is -2.29. The lowest BCUT2D eigenvalue weighted by molar-refractivity contribution is -0.122. The van der Waals surface area contributed by atoms with Crippen molar-refractivity contribution in [2.24, 2.45) is 0 Å². The van der Waals surface area contributed by atoms with Gasteiger partial charge >= 0.3 is 5.97 Å². The standard InChI is InChI=1S/C22H18N2O6S2/c25-19(23-15-5-2-1-4-14(15)21(27)28)6-3-9-24-20(26)18(32-22(24)31)11-13-7-8-16-17(10-13)30-12-29-16/h1-2,4-5,7-8,10-11H,3,6,9,12H2,(H,23,25)(H,27,28). The van der Waals surface area contributed by atoms with E-state index in [-0.39, 0.29) is 42.8 Å². The molecule has 2 heterocycles. The van der Waals surface area contributed by atoms with E-state index in [9.17, 15) is 19.5 Å². The number of thiocarbonyl (C=S) groups is 1. The Morgan fingerprint density at radius 2 is 1.97 bits per heavy atom. The summed E-state index contributed by atoms with van der Waals surface area (Å²) < 4.78 is 11.1. The molecule has 2 aromatic rings. The number of ether oxygens (including phenoxy) is 2. The fourth-order valence-corrected chi connectivity index (χ4v) is 4.54. The summed E-state index contributed by atoms with van der Waals surface area (Å²) >= 11 is 6.54. The Morgan fingerprint density at radius 1 is 1.19 bits per heavy atom. The van der Waals surface area contributed by atoms with Gasteiger partial charge in [-0.15, -0.1) is 0 Å². The Bertz CT molecular complexity index is 1150. The summed E-state index contributed by atoms with van der Waals surface area (Å²) in [5.74, 6) is -0.370. The van der Waals surface area contributed by atoms with E-state index in [1.807, 2.05) is 6.07 Å². The first kappa shape index (κ1) is 21.8. The summed E-state index contributed by atoms with van der Waals surface area (Å²) in [6, 6.07) is 11.6. The van der Waals surface area contributed by atoms with Crippen LogP contribution in [-0.2, 0) is 9.59 Å². The number of carbonyl (C=O) groups is 3. The molecule has 1 saturated heterocycles. The Morgan fingerprint density at radius 3 is 2.78 bits per heavy atom. The first-order valence-electron chi connectivity index (χ1n) is 9.69. The zero-order chi connectivity index (χ0) is 22.7. The van der Waals surface area contributed by atoms with E-state index in [0.29, 0.717) is 27.1 Å². The van der Waals surface area contributed by atoms with Gasteiger partial charge in [0.25, 0.3) is 5.91 Å². The third kappa shape index (κ3) is 4.76. The third-order valence-electron chi connectivity index (χ3n) is 4.79. The first-order valence-corrected chi connectivity index (χ1v) is 10.9. The number of anilines is 1. The topological polar surface area (TPSA) is 105 Å². The summed E-state index contributed by atoms with van der Waals surface area (Å²) in [5.41, 5.74) is 1.06. The van der Waals surface area contributed by atoms with Crippen molar-refractivity contribution in [2.75, 3.05) is 18.7 Å². The van der Waals surface area contributed by atoms with Crippen LogP contribution in [0.5, 0.6) is 11.5 Å². The predicted molar refractivity (Wildman–Crippen MR) is 124 cm³/mol. The molecule has 4 rings (SSSR count). The fraction of sp³-hybridized carbons (Fsp3) is 0.182. The maximum Gasteiger partial charge on any atom is 0.337 e. The van der Waals surface area contributed by atoms with E-state index >= 15 is 0 Å². The second-order valence-corrected chi connectivity index (χ2v) is 8.62. The molecule has 0 bridgehead atoms. The van der Waals surface area contributed by atoms with Crippen molar-refractivity contribution in [1.82, 2.24) is 4.90 Å². The van der Waals surface area contributed by atoms with Crippen molar-refractivity contribution in [3.8, 4) is 11.5 Å². The number of nitrogens with one attached hydrogen (secondary N) is 1. The normalized spacial score (nSPS) is 16.0. The summed E-state index contributed by atoms with van der Waals surface area (Å²) in [7, 11) is 0. The van der Waals surface area contributed by atoms with E-state index in [4.69, 9.17) is 21.7 Å². The number of fused-ring (bicyclic) bond motifs is 1. The van der Waals surface area contributed by atoms with E-state index in [2.05, 4.69) is 5.32 Å². The number of rotatable bonds is 7. The van der Waals surface area contributed by atoms with Crippen molar-refractivity contribution in [2.45, 2.75) is 12.8 Å². The number of aromatic carboxylic acids is 1. The Balaban J connectivity index is 1.33.